The van der Waals surface area contributed by atoms with Crippen LogP contribution in [0.5, 0.6) is 0 Å². The van der Waals surface area contributed by atoms with Crippen LogP contribution in [0.25, 0.3) is 0 Å². The Bertz CT molecular complexity index is 976. The highest BCUT2D eigenvalue weighted by atomic mass is 19.1. The molecule has 1 fully saturated rings. The van der Waals surface area contributed by atoms with E-state index in [1.165, 1.54) is 18.2 Å². The highest BCUT2D eigenvalue weighted by Crippen LogP contribution is 2.21. The molecule has 2 aromatic rings. The lowest BCUT2D eigenvalue weighted by Crippen LogP contribution is -2.45. The summed E-state index contributed by atoms with van der Waals surface area (Å²) in [5, 5.41) is 5.62. The molecule has 1 saturated heterocycles. The summed E-state index contributed by atoms with van der Waals surface area (Å²) in [6.07, 6.45) is 2.44. The minimum atomic E-state index is -0.608. The molecule has 2 N–H and O–H groups in total. The summed E-state index contributed by atoms with van der Waals surface area (Å²) in [6, 6.07) is 12.3. The summed E-state index contributed by atoms with van der Waals surface area (Å²) in [5.74, 6) is -1.08. The molecule has 170 valence electrons. The van der Waals surface area contributed by atoms with Gasteiger partial charge in [0.2, 0.25) is 5.91 Å². The number of halogens is 1. The van der Waals surface area contributed by atoms with E-state index in [-0.39, 0.29) is 23.3 Å². The van der Waals surface area contributed by atoms with Crippen molar-refractivity contribution in [2.75, 3.05) is 25.0 Å². The first kappa shape index (κ1) is 23.4. The Morgan fingerprint density at radius 3 is 2.66 bits per heavy atom. The first-order chi connectivity index (χ1) is 15.3. The van der Waals surface area contributed by atoms with Crippen LogP contribution in [0.4, 0.5) is 10.1 Å². The zero-order valence-electron chi connectivity index (χ0n) is 18.6. The van der Waals surface area contributed by atoms with Crippen molar-refractivity contribution in [3.05, 3.63) is 65.5 Å². The van der Waals surface area contributed by atoms with Gasteiger partial charge in [0.05, 0.1) is 11.5 Å². The fourth-order valence-corrected chi connectivity index (χ4v) is 3.76. The summed E-state index contributed by atoms with van der Waals surface area (Å²) < 4.78 is 13.9. The SMILES string of the molecule is CC(C)CCNC(=O)[C@@H]1CCCN(C(=O)c2cccc(NC(=O)c3ccccc3F)c2)C1. The molecule has 3 amide bonds. The van der Waals surface area contributed by atoms with Crippen molar-refractivity contribution in [2.45, 2.75) is 33.1 Å². The highest BCUT2D eigenvalue weighted by Gasteiger charge is 2.29. The van der Waals surface area contributed by atoms with Gasteiger partial charge in [-0.15, -0.1) is 0 Å². The first-order valence-electron chi connectivity index (χ1n) is 11.1. The molecule has 1 atom stereocenters. The van der Waals surface area contributed by atoms with E-state index in [2.05, 4.69) is 24.5 Å². The van der Waals surface area contributed by atoms with Gasteiger partial charge in [0.15, 0.2) is 0 Å². The molecule has 1 heterocycles. The Morgan fingerprint density at radius 2 is 1.91 bits per heavy atom. The van der Waals surface area contributed by atoms with Gasteiger partial charge in [-0.05, 0) is 55.5 Å². The number of hydrogen-bond acceptors (Lipinski definition) is 3. The third-order valence-electron chi connectivity index (χ3n) is 5.59. The Morgan fingerprint density at radius 1 is 1.12 bits per heavy atom. The van der Waals surface area contributed by atoms with Crippen LogP contribution >= 0.6 is 0 Å². The molecular formula is C25H30FN3O3. The standard InChI is InChI=1S/C25H30FN3O3/c1-17(2)12-13-27-23(30)19-8-6-14-29(16-19)25(32)18-7-5-9-20(15-18)28-24(31)21-10-3-4-11-22(21)26/h3-5,7,9-11,15,17,19H,6,8,12-14,16H2,1-2H3,(H,27,30)(H,28,31)/t19-/m1/s1. The Labute approximate surface area is 188 Å². The van der Waals surface area contributed by atoms with Crippen molar-refractivity contribution in [1.29, 1.82) is 0 Å². The molecule has 0 bridgehead atoms. The summed E-state index contributed by atoms with van der Waals surface area (Å²) in [6.45, 7) is 5.82. The molecule has 0 radical (unpaired) electrons. The van der Waals surface area contributed by atoms with E-state index in [4.69, 9.17) is 0 Å². The van der Waals surface area contributed by atoms with E-state index in [0.717, 1.165) is 19.3 Å². The molecule has 32 heavy (non-hydrogen) atoms. The lowest BCUT2D eigenvalue weighted by Gasteiger charge is -2.32. The normalized spacial score (nSPS) is 16.0. The second kappa shape index (κ2) is 10.9. The van der Waals surface area contributed by atoms with E-state index in [1.54, 1.807) is 35.2 Å². The highest BCUT2D eigenvalue weighted by molar-refractivity contribution is 6.05. The molecule has 0 unspecified atom stereocenters. The number of anilines is 1. The molecule has 0 aromatic heterocycles. The molecule has 1 aliphatic heterocycles. The van der Waals surface area contributed by atoms with Crippen LogP contribution in [-0.2, 0) is 4.79 Å². The Balaban J connectivity index is 1.63. The molecule has 0 saturated carbocycles. The number of rotatable bonds is 7. The Hall–Kier alpha value is -3.22. The van der Waals surface area contributed by atoms with Crippen LogP contribution in [0.2, 0.25) is 0 Å². The van der Waals surface area contributed by atoms with Crippen LogP contribution in [-0.4, -0.2) is 42.3 Å². The van der Waals surface area contributed by atoms with Gasteiger partial charge < -0.3 is 15.5 Å². The van der Waals surface area contributed by atoms with Gasteiger partial charge in [0.25, 0.3) is 11.8 Å². The van der Waals surface area contributed by atoms with Crippen LogP contribution in [0, 0.1) is 17.7 Å². The van der Waals surface area contributed by atoms with Crippen molar-refractivity contribution in [3.63, 3.8) is 0 Å². The van der Waals surface area contributed by atoms with Crippen LogP contribution < -0.4 is 10.6 Å². The second-order valence-corrected chi connectivity index (χ2v) is 8.58. The van der Waals surface area contributed by atoms with Crippen molar-refractivity contribution < 1.29 is 18.8 Å². The van der Waals surface area contributed by atoms with Gasteiger partial charge in [-0.3, -0.25) is 14.4 Å². The third-order valence-corrected chi connectivity index (χ3v) is 5.59. The average molecular weight is 440 g/mol. The van der Waals surface area contributed by atoms with Gasteiger partial charge in [0.1, 0.15) is 5.82 Å². The van der Waals surface area contributed by atoms with E-state index in [0.29, 0.717) is 36.8 Å². The molecule has 0 spiro atoms. The number of amides is 3. The largest absolute Gasteiger partial charge is 0.356 e. The van der Waals surface area contributed by atoms with Gasteiger partial charge in [-0.25, -0.2) is 4.39 Å². The van der Waals surface area contributed by atoms with E-state index >= 15 is 0 Å². The minimum Gasteiger partial charge on any atom is -0.356 e. The maximum Gasteiger partial charge on any atom is 0.258 e. The maximum absolute atomic E-state index is 13.9. The zero-order chi connectivity index (χ0) is 23.1. The van der Waals surface area contributed by atoms with Crippen LogP contribution in [0.3, 0.4) is 0 Å². The molecule has 1 aliphatic rings. The number of piperidine rings is 1. The van der Waals surface area contributed by atoms with Gasteiger partial charge in [-0.2, -0.15) is 0 Å². The monoisotopic (exact) mass is 439 g/mol. The second-order valence-electron chi connectivity index (χ2n) is 8.58. The lowest BCUT2D eigenvalue weighted by molar-refractivity contribution is -0.126. The molecule has 3 rings (SSSR count). The molecule has 6 nitrogen and oxygen atoms in total. The number of carbonyl (C=O) groups is 3. The fraction of sp³-hybridized carbons (Fsp3) is 0.400. The van der Waals surface area contributed by atoms with E-state index in [9.17, 15) is 18.8 Å². The van der Waals surface area contributed by atoms with Crippen molar-refractivity contribution in [3.8, 4) is 0 Å². The minimum absolute atomic E-state index is 0.00551. The number of carbonyl (C=O) groups excluding carboxylic acids is 3. The van der Waals surface area contributed by atoms with Gasteiger partial charge >= 0.3 is 0 Å². The Kier molecular flexibility index (Phi) is 7.98. The first-order valence-corrected chi connectivity index (χ1v) is 11.1. The lowest BCUT2D eigenvalue weighted by atomic mass is 9.96. The fourth-order valence-electron chi connectivity index (χ4n) is 3.76. The molecule has 2 aromatic carbocycles. The van der Waals surface area contributed by atoms with E-state index < -0.39 is 11.7 Å². The molecular weight excluding hydrogens is 409 g/mol. The molecule has 0 aliphatic carbocycles. The predicted octanol–water partition coefficient (Wildman–Crippen LogP) is 4.09. The maximum atomic E-state index is 13.9. The van der Waals surface area contributed by atoms with Crippen molar-refractivity contribution in [1.82, 2.24) is 10.2 Å². The predicted molar refractivity (Wildman–Crippen MR) is 122 cm³/mol. The smallest absolute Gasteiger partial charge is 0.258 e. The van der Waals surface area contributed by atoms with Crippen LogP contribution in [0.15, 0.2) is 48.5 Å². The number of nitrogens with one attached hydrogen (secondary N) is 2. The summed E-state index contributed by atoms with van der Waals surface area (Å²) in [5.41, 5.74) is 0.757. The quantitative estimate of drug-likeness (QED) is 0.682. The number of likely N-dealkylation sites (tertiary alicyclic amines) is 1. The summed E-state index contributed by atoms with van der Waals surface area (Å²) >= 11 is 0. The number of hydrogen-bond donors (Lipinski definition) is 2. The van der Waals surface area contributed by atoms with E-state index in [1.807, 2.05) is 0 Å². The summed E-state index contributed by atoms with van der Waals surface area (Å²) in [7, 11) is 0. The van der Waals surface area contributed by atoms with Crippen molar-refractivity contribution >= 4 is 23.4 Å². The topological polar surface area (TPSA) is 78.5 Å². The van der Waals surface area contributed by atoms with Crippen molar-refractivity contribution in [2.24, 2.45) is 11.8 Å². The van der Waals surface area contributed by atoms with Crippen LogP contribution in [0.1, 0.15) is 53.8 Å². The van der Waals surface area contributed by atoms with Gasteiger partial charge in [0, 0.05) is 30.9 Å². The van der Waals surface area contributed by atoms with Gasteiger partial charge in [-0.1, -0.05) is 32.0 Å². The average Bonchev–Trinajstić information content (AvgIpc) is 2.78. The number of benzene rings is 2. The third kappa shape index (κ3) is 6.15. The number of nitrogens with zero attached hydrogens (tertiary/aromatic N) is 1. The molecule has 7 heteroatoms. The zero-order valence-corrected chi connectivity index (χ0v) is 18.6. The summed E-state index contributed by atoms with van der Waals surface area (Å²) in [4.78, 5) is 39.6.